The van der Waals surface area contributed by atoms with Crippen LogP contribution in [-0.2, 0) is 0 Å². The summed E-state index contributed by atoms with van der Waals surface area (Å²) < 4.78 is 42.9. The highest BCUT2D eigenvalue weighted by Gasteiger charge is 2.28. The van der Waals surface area contributed by atoms with Crippen LogP contribution in [0.3, 0.4) is 0 Å². The smallest absolute Gasteiger partial charge is 0.405 e. The number of amides is 2. The molecule has 0 spiro atoms. The molecule has 4 rings (SSSR count). The molecule has 10 heteroatoms. The minimum Gasteiger partial charge on any atom is -0.416 e. The predicted octanol–water partition coefficient (Wildman–Crippen LogP) is 5.56. The van der Waals surface area contributed by atoms with Gasteiger partial charge in [0, 0.05) is 27.9 Å². The van der Waals surface area contributed by atoms with Crippen molar-refractivity contribution in [1.29, 1.82) is 0 Å². The molecule has 0 atom stereocenters. The number of aryl methyl sites for hydroxylation is 2. The van der Waals surface area contributed by atoms with E-state index < -0.39 is 24.5 Å². The van der Waals surface area contributed by atoms with E-state index in [0.717, 1.165) is 11.1 Å². The van der Waals surface area contributed by atoms with E-state index in [1.807, 2.05) is 36.5 Å². The second-order valence-corrected chi connectivity index (χ2v) is 8.14. The van der Waals surface area contributed by atoms with Crippen LogP contribution in [0.5, 0.6) is 0 Å². The van der Waals surface area contributed by atoms with Crippen LogP contribution >= 0.6 is 0 Å². The first-order chi connectivity index (χ1) is 17.1. The van der Waals surface area contributed by atoms with Crippen molar-refractivity contribution in [3.63, 3.8) is 0 Å². The Morgan fingerprint density at radius 1 is 0.806 bits per heavy atom. The van der Waals surface area contributed by atoms with Crippen molar-refractivity contribution < 1.29 is 27.2 Å². The van der Waals surface area contributed by atoms with Gasteiger partial charge in [0.1, 0.15) is 6.54 Å². The lowest BCUT2D eigenvalue weighted by atomic mass is 10.1. The highest BCUT2D eigenvalue weighted by atomic mass is 19.4. The number of benzene rings is 3. The molecule has 0 aliphatic carbocycles. The lowest BCUT2D eigenvalue weighted by Crippen LogP contribution is -2.33. The lowest BCUT2D eigenvalue weighted by Gasteiger charge is -2.12. The third kappa shape index (κ3) is 5.96. The minimum atomic E-state index is -4.52. The number of alkyl halides is 3. The van der Waals surface area contributed by atoms with E-state index in [0.29, 0.717) is 34.2 Å². The van der Waals surface area contributed by atoms with Gasteiger partial charge in [-0.15, -0.1) is 10.2 Å². The summed E-state index contributed by atoms with van der Waals surface area (Å²) in [5.41, 5.74) is 3.79. The first kappa shape index (κ1) is 24.6. The van der Waals surface area contributed by atoms with Crippen LogP contribution < -0.4 is 10.6 Å². The highest BCUT2D eigenvalue weighted by molar-refractivity contribution is 6.05. The monoisotopic (exact) mass is 494 g/mol. The summed E-state index contributed by atoms with van der Waals surface area (Å²) in [7, 11) is 0. The minimum absolute atomic E-state index is 0.00345. The Kier molecular flexibility index (Phi) is 6.86. The molecule has 0 radical (unpaired) electrons. The molecule has 1 heterocycles. The number of aromatic nitrogens is 2. The SMILES string of the molecule is Cc1ccc(-c2nnc(-c3ccc(C(=O)Nc4cc(C(=O)NCC(F)(F)F)ccc4C)cc3)o2)cc1. The summed E-state index contributed by atoms with van der Waals surface area (Å²) >= 11 is 0. The first-order valence-electron chi connectivity index (χ1n) is 10.9. The fourth-order valence-corrected chi connectivity index (χ4v) is 3.29. The Morgan fingerprint density at radius 2 is 1.36 bits per heavy atom. The normalized spacial score (nSPS) is 11.2. The molecule has 3 aromatic carbocycles. The maximum atomic E-state index is 12.8. The molecule has 0 saturated heterocycles. The molecule has 7 nitrogen and oxygen atoms in total. The maximum absolute atomic E-state index is 12.8. The van der Waals surface area contributed by atoms with Gasteiger partial charge in [-0.1, -0.05) is 23.8 Å². The Morgan fingerprint density at radius 3 is 1.94 bits per heavy atom. The molecular formula is C26H21F3N4O3. The second-order valence-electron chi connectivity index (χ2n) is 8.14. The molecule has 0 unspecified atom stereocenters. The van der Waals surface area contributed by atoms with Crippen LogP contribution in [-0.4, -0.2) is 34.7 Å². The van der Waals surface area contributed by atoms with E-state index in [-0.39, 0.29) is 5.56 Å². The molecular weight excluding hydrogens is 473 g/mol. The van der Waals surface area contributed by atoms with Crippen molar-refractivity contribution in [3.05, 3.63) is 89.0 Å². The van der Waals surface area contributed by atoms with E-state index >= 15 is 0 Å². The van der Waals surface area contributed by atoms with Gasteiger partial charge < -0.3 is 15.1 Å². The summed E-state index contributed by atoms with van der Waals surface area (Å²) in [6, 6.07) is 18.4. The molecule has 0 bridgehead atoms. The zero-order chi connectivity index (χ0) is 25.9. The summed E-state index contributed by atoms with van der Waals surface area (Å²) in [6.07, 6.45) is -4.52. The number of hydrogen-bond donors (Lipinski definition) is 2. The van der Waals surface area contributed by atoms with Crippen molar-refractivity contribution in [1.82, 2.24) is 15.5 Å². The van der Waals surface area contributed by atoms with Crippen molar-refractivity contribution in [2.24, 2.45) is 0 Å². The molecule has 0 aliphatic heterocycles. The van der Waals surface area contributed by atoms with Gasteiger partial charge in [0.2, 0.25) is 11.8 Å². The van der Waals surface area contributed by atoms with Crippen LogP contribution in [0.15, 0.2) is 71.1 Å². The number of halogens is 3. The molecule has 1 aromatic heterocycles. The molecule has 0 aliphatic rings. The van der Waals surface area contributed by atoms with E-state index in [2.05, 4.69) is 15.5 Å². The number of nitrogens with one attached hydrogen (secondary N) is 2. The molecule has 184 valence electrons. The van der Waals surface area contributed by atoms with Crippen LogP contribution in [0, 0.1) is 13.8 Å². The average Bonchev–Trinajstić information content (AvgIpc) is 3.34. The van der Waals surface area contributed by atoms with E-state index in [9.17, 15) is 22.8 Å². The molecule has 2 N–H and O–H groups in total. The van der Waals surface area contributed by atoms with Crippen LogP contribution in [0.2, 0.25) is 0 Å². The number of hydrogen-bond acceptors (Lipinski definition) is 5. The molecule has 4 aromatic rings. The third-order valence-corrected chi connectivity index (χ3v) is 5.31. The van der Waals surface area contributed by atoms with Crippen molar-refractivity contribution in [2.45, 2.75) is 20.0 Å². The van der Waals surface area contributed by atoms with Crippen molar-refractivity contribution in [3.8, 4) is 22.9 Å². The zero-order valence-electron chi connectivity index (χ0n) is 19.3. The number of carbonyl (C=O) groups excluding carboxylic acids is 2. The predicted molar refractivity (Wildman–Crippen MR) is 127 cm³/mol. The zero-order valence-corrected chi connectivity index (χ0v) is 19.3. The van der Waals surface area contributed by atoms with E-state index in [1.54, 1.807) is 37.3 Å². The third-order valence-electron chi connectivity index (χ3n) is 5.31. The van der Waals surface area contributed by atoms with Gasteiger partial charge in [-0.05, 0) is 67.9 Å². The van der Waals surface area contributed by atoms with Crippen molar-refractivity contribution in [2.75, 3.05) is 11.9 Å². The fraction of sp³-hybridized carbons (Fsp3) is 0.154. The van der Waals surface area contributed by atoms with Crippen LogP contribution in [0.1, 0.15) is 31.8 Å². The van der Waals surface area contributed by atoms with Crippen LogP contribution in [0.25, 0.3) is 22.9 Å². The Bertz CT molecular complexity index is 1400. The van der Waals surface area contributed by atoms with E-state index in [4.69, 9.17) is 4.42 Å². The number of carbonyl (C=O) groups is 2. The number of anilines is 1. The Balaban J connectivity index is 1.45. The Labute approximate surface area is 204 Å². The molecule has 2 amide bonds. The number of rotatable bonds is 6. The topological polar surface area (TPSA) is 97.1 Å². The van der Waals surface area contributed by atoms with Gasteiger partial charge in [-0.25, -0.2) is 0 Å². The molecule has 0 saturated carbocycles. The standard InChI is InChI=1S/C26H21F3N4O3/c1-15-3-6-18(7-4-15)24-32-33-25(36-24)19-11-9-17(10-12-19)23(35)31-21-13-20(8-5-16(21)2)22(34)30-14-26(27,28)29/h3-13H,14H2,1-2H3,(H,30,34)(H,31,35). The summed E-state index contributed by atoms with van der Waals surface area (Å²) in [5, 5.41) is 12.6. The summed E-state index contributed by atoms with van der Waals surface area (Å²) in [4.78, 5) is 24.8. The van der Waals surface area contributed by atoms with E-state index in [1.165, 1.54) is 12.1 Å². The lowest BCUT2D eigenvalue weighted by molar-refractivity contribution is -0.123. The maximum Gasteiger partial charge on any atom is 0.405 e. The first-order valence-corrected chi connectivity index (χ1v) is 10.9. The largest absolute Gasteiger partial charge is 0.416 e. The Hall–Kier alpha value is -4.47. The fourth-order valence-electron chi connectivity index (χ4n) is 3.29. The second kappa shape index (κ2) is 10.0. The van der Waals surface area contributed by atoms with Gasteiger partial charge >= 0.3 is 6.18 Å². The molecule has 0 fully saturated rings. The average molecular weight is 494 g/mol. The van der Waals surface area contributed by atoms with Gasteiger partial charge in [-0.2, -0.15) is 13.2 Å². The van der Waals surface area contributed by atoms with Crippen molar-refractivity contribution >= 4 is 17.5 Å². The number of nitrogens with zero attached hydrogens (tertiary/aromatic N) is 2. The quantitative estimate of drug-likeness (QED) is 0.366. The highest BCUT2D eigenvalue weighted by Crippen LogP contribution is 2.25. The summed E-state index contributed by atoms with van der Waals surface area (Å²) in [6.45, 7) is 2.24. The molecule has 36 heavy (non-hydrogen) atoms. The van der Waals surface area contributed by atoms with Gasteiger partial charge in [-0.3, -0.25) is 9.59 Å². The van der Waals surface area contributed by atoms with Crippen LogP contribution in [0.4, 0.5) is 18.9 Å². The summed E-state index contributed by atoms with van der Waals surface area (Å²) in [5.74, 6) is -0.674. The van der Waals surface area contributed by atoms with Gasteiger partial charge in [0.15, 0.2) is 0 Å². The van der Waals surface area contributed by atoms with Gasteiger partial charge in [0.05, 0.1) is 0 Å². The van der Waals surface area contributed by atoms with Gasteiger partial charge in [0.25, 0.3) is 11.8 Å².